The van der Waals surface area contributed by atoms with Gasteiger partial charge < -0.3 is 15.2 Å². The van der Waals surface area contributed by atoms with Crippen molar-refractivity contribution in [3.63, 3.8) is 0 Å². The molecule has 0 saturated carbocycles. The van der Waals surface area contributed by atoms with Crippen LogP contribution in [0.5, 0.6) is 11.5 Å². The maximum absolute atomic E-state index is 14.0. The summed E-state index contributed by atoms with van der Waals surface area (Å²) in [6.07, 6.45) is 3.57. The van der Waals surface area contributed by atoms with Crippen LogP contribution in [0.4, 0.5) is 10.1 Å². The normalized spacial score (nSPS) is 12.4. The van der Waals surface area contributed by atoms with Gasteiger partial charge in [0, 0.05) is 24.8 Å². The third-order valence-electron chi connectivity index (χ3n) is 5.32. The fourth-order valence-electron chi connectivity index (χ4n) is 3.77. The predicted octanol–water partition coefficient (Wildman–Crippen LogP) is 4.17. The van der Waals surface area contributed by atoms with Gasteiger partial charge >= 0.3 is 0 Å². The van der Waals surface area contributed by atoms with Crippen molar-refractivity contribution < 1.29 is 22.3 Å². The van der Waals surface area contributed by atoms with Gasteiger partial charge in [0.15, 0.2) is 11.5 Å². The zero-order valence-electron chi connectivity index (χ0n) is 19.0. The first-order valence-corrected chi connectivity index (χ1v) is 12.7. The first-order valence-electron chi connectivity index (χ1n) is 10.6. The molecule has 176 valence electrons. The SMILES string of the molecule is CCOc1cc([C@H](Cc2ncc(Cc3ccccc3F)cc2N)CS(C)(=O)=O)ccc1OC. The van der Waals surface area contributed by atoms with Crippen molar-refractivity contribution in [2.24, 2.45) is 0 Å². The third kappa shape index (κ3) is 6.68. The Labute approximate surface area is 194 Å². The smallest absolute Gasteiger partial charge is 0.161 e. The molecule has 0 radical (unpaired) electrons. The van der Waals surface area contributed by atoms with E-state index >= 15 is 0 Å². The molecule has 0 saturated heterocycles. The van der Waals surface area contributed by atoms with Crippen LogP contribution in [0.15, 0.2) is 54.7 Å². The van der Waals surface area contributed by atoms with Gasteiger partial charge in [0.25, 0.3) is 0 Å². The fourth-order valence-corrected chi connectivity index (χ4v) is 4.81. The van der Waals surface area contributed by atoms with Crippen molar-refractivity contribution in [2.45, 2.75) is 25.7 Å². The van der Waals surface area contributed by atoms with Crippen LogP contribution in [-0.4, -0.2) is 39.1 Å². The van der Waals surface area contributed by atoms with E-state index in [0.717, 1.165) is 11.1 Å². The van der Waals surface area contributed by atoms with Crippen molar-refractivity contribution in [3.8, 4) is 11.5 Å². The molecule has 33 heavy (non-hydrogen) atoms. The molecule has 0 unspecified atom stereocenters. The van der Waals surface area contributed by atoms with Crippen LogP contribution in [0.3, 0.4) is 0 Å². The molecule has 0 fully saturated rings. The lowest BCUT2D eigenvalue weighted by molar-refractivity contribution is 0.310. The minimum absolute atomic E-state index is 0.0665. The summed E-state index contributed by atoms with van der Waals surface area (Å²) in [7, 11) is -1.73. The number of hydrogen-bond donors (Lipinski definition) is 1. The quantitative estimate of drug-likeness (QED) is 0.476. The minimum Gasteiger partial charge on any atom is -0.493 e. The number of nitrogens with two attached hydrogens (primary N) is 1. The van der Waals surface area contributed by atoms with Crippen molar-refractivity contribution in [1.82, 2.24) is 4.98 Å². The number of nitrogens with zero attached hydrogens (tertiary/aromatic N) is 1. The average Bonchev–Trinajstić information content (AvgIpc) is 2.76. The van der Waals surface area contributed by atoms with E-state index < -0.39 is 9.84 Å². The van der Waals surface area contributed by atoms with E-state index in [0.29, 0.717) is 47.9 Å². The Kier molecular flexibility index (Phi) is 7.92. The summed E-state index contributed by atoms with van der Waals surface area (Å²) < 4.78 is 49.3. The van der Waals surface area contributed by atoms with Gasteiger partial charge in [0.2, 0.25) is 0 Å². The van der Waals surface area contributed by atoms with Gasteiger partial charge in [-0.25, -0.2) is 12.8 Å². The Morgan fingerprint density at radius 3 is 2.52 bits per heavy atom. The predicted molar refractivity (Wildman–Crippen MR) is 128 cm³/mol. The summed E-state index contributed by atoms with van der Waals surface area (Å²) in [6, 6.07) is 13.7. The van der Waals surface area contributed by atoms with E-state index in [-0.39, 0.29) is 17.5 Å². The lowest BCUT2D eigenvalue weighted by atomic mass is 9.94. The van der Waals surface area contributed by atoms with Gasteiger partial charge in [-0.2, -0.15) is 0 Å². The molecule has 1 atom stereocenters. The molecule has 2 N–H and O–H groups in total. The Morgan fingerprint density at radius 1 is 1.12 bits per heavy atom. The number of sulfone groups is 1. The van der Waals surface area contributed by atoms with Crippen LogP contribution < -0.4 is 15.2 Å². The number of hydrogen-bond acceptors (Lipinski definition) is 6. The van der Waals surface area contributed by atoms with Gasteiger partial charge in [0.1, 0.15) is 15.7 Å². The van der Waals surface area contributed by atoms with Gasteiger partial charge in [-0.3, -0.25) is 4.98 Å². The minimum atomic E-state index is -3.28. The number of aromatic nitrogens is 1. The van der Waals surface area contributed by atoms with Crippen LogP contribution >= 0.6 is 0 Å². The maximum Gasteiger partial charge on any atom is 0.161 e. The summed E-state index contributed by atoms with van der Waals surface area (Å²) in [4.78, 5) is 4.49. The highest BCUT2D eigenvalue weighted by molar-refractivity contribution is 7.90. The van der Waals surface area contributed by atoms with Crippen molar-refractivity contribution >= 4 is 15.5 Å². The monoisotopic (exact) mass is 472 g/mol. The summed E-state index contributed by atoms with van der Waals surface area (Å²) in [6.45, 7) is 2.32. The fraction of sp³-hybridized carbons (Fsp3) is 0.320. The highest BCUT2D eigenvalue weighted by Crippen LogP contribution is 2.33. The first kappa shape index (κ1) is 24.5. The van der Waals surface area contributed by atoms with E-state index in [4.69, 9.17) is 15.2 Å². The van der Waals surface area contributed by atoms with Crippen molar-refractivity contribution in [3.05, 3.63) is 82.9 Å². The second kappa shape index (κ2) is 10.7. The second-order valence-corrected chi connectivity index (χ2v) is 10.2. The Hall–Kier alpha value is -3.13. The number of nitrogen functional groups attached to an aromatic ring is 1. The molecule has 0 aliphatic rings. The van der Waals surface area contributed by atoms with E-state index in [1.807, 2.05) is 13.0 Å². The molecule has 3 aromatic rings. The Balaban J connectivity index is 1.89. The largest absolute Gasteiger partial charge is 0.493 e. The summed E-state index contributed by atoms with van der Waals surface area (Å²) in [5.74, 6) is 0.407. The summed E-state index contributed by atoms with van der Waals surface area (Å²) >= 11 is 0. The standard InChI is InChI=1S/C25H29FN2O4S/c1-4-32-25-14-18(9-10-24(25)31-2)20(16-33(3,29)30)13-23-22(27)12-17(15-28-23)11-19-7-5-6-8-21(19)26/h5-10,12,14-15,20H,4,11,13,16,27H2,1-3H3/t20-/m1/s1. The molecule has 1 heterocycles. The molecule has 1 aromatic heterocycles. The Morgan fingerprint density at radius 2 is 1.88 bits per heavy atom. The number of benzene rings is 2. The second-order valence-electron chi connectivity index (χ2n) is 7.98. The number of ether oxygens (including phenoxy) is 2. The number of anilines is 1. The van der Waals surface area contributed by atoms with E-state index in [2.05, 4.69) is 4.98 Å². The van der Waals surface area contributed by atoms with Crippen LogP contribution in [0.2, 0.25) is 0 Å². The topological polar surface area (TPSA) is 91.5 Å². The molecular formula is C25H29FN2O4S. The van der Waals surface area contributed by atoms with Crippen LogP contribution in [0.1, 0.15) is 35.2 Å². The molecule has 2 aromatic carbocycles. The number of halogens is 1. The summed E-state index contributed by atoms with van der Waals surface area (Å²) in [5.41, 5.74) is 9.45. The van der Waals surface area contributed by atoms with Crippen LogP contribution in [0.25, 0.3) is 0 Å². The zero-order chi connectivity index (χ0) is 24.0. The van der Waals surface area contributed by atoms with Gasteiger partial charge in [-0.05, 0) is 54.3 Å². The number of rotatable bonds is 10. The molecule has 0 amide bonds. The van der Waals surface area contributed by atoms with Crippen molar-refractivity contribution in [1.29, 1.82) is 0 Å². The van der Waals surface area contributed by atoms with Gasteiger partial charge in [0.05, 0.1) is 30.9 Å². The molecule has 0 bridgehead atoms. The van der Waals surface area contributed by atoms with Gasteiger partial charge in [-0.1, -0.05) is 24.3 Å². The molecule has 6 nitrogen and oxygen atoms in total. The van der Waals surface area contributed by atoms with E-state index in [1.165, 1.54) is 12.3 Å². The first-order chi connectivity index (χ1) is 15.7. The summed E-state index contributed by atoms with van der Waals surface area (Å²) in [5, 5.41) is 0. The third-order valence-corrected chi connectivity index (χ3v) is 6.32. The van der Waals surface area contributed by atoms with E-state index in [9.17, 15) is 12.8 Å². The maximum atomic E-state index is 14.0. The lowest BCUT2D eigenvalue weighted by Crippen LogP contribution is -2.17. The highest BCUT2D eigenvalue weighted by Gasteiger charge is 2.22. The van der Waals surface area contributed by atoms with Crippen LogP contribution in [0, 0.1) is 5.82 Å². The highest BCUT2D eigenvalue weighted by atomic mass is 32.2. The molecule has 3 rings (SSSR count). The molecule has 0 aliphatic heterocycles. The number of methoxy groups -OCH3 is 1. The Bertz CT molecular complexity index is 1210. The molecule has 0 aliphatic carbocycles. The average molecular weight is 473 g/mol. The molecular weight excluding hydrogens is 443 g/mol. The van der Waals surface area contributed by atoms with E-state index in [1.54, 1.807) is 49.7 Å². The van der Waals surface area contributed by atoms with Crippen LogP contribution in [-0.2, 0) is 22.7 Å². The van der Waals surface area contributed by atoms with Gasteiger partial charge in [-0.15, -0.1) is 0 Å². The lowest BCUT2D eigenvalue weighted by Gasteiger charge is -2.19. The van der Waals surface area contributed by atoms with Crippen molar-refractivity contribution in [2.75, 3.05) is 31.5 Å². The zero-order valence-corrected chi connectivity index (χ0v) is 19.9. The molecule has 8 heteroatoms. The molecule has 0 spiro atoms. The number of pyridine rings is 1.